The van der Waals surface area contributed by atoms with E-state index in [1.54, 1.807) is 31.4 Å². The van der Waals surface area contributed by atoms with Crippen molar-refractivity contribution in [3.8, 4) is 5.75 Å². The third-order valence-corrected chi connectivity index (χ3v) is 2.78. The van der Waals surface area contributed by atoms with Crippen LogP contribution < -0.4 is 15.4 Å². The van der Waals surface area contributed by atoms with Crippen LogP contribution in [-0.4, -0.2) is 37.3 Å². The quantitative estimate of drug-likeness (QED) is 0.622. The SMILES string of the molecule is CCC(O)CCNCC(=O)Nc1ccc(OC)cc1. The zero-order valence-corrected chi connectivity index (χ0v) is 11.5. The summed E-state index contributed by atoms with van der Waals surface area (Å²) < 4.78 is 5.04. The van der Waals surface area contributed by atoms with E-state index >= 15 is 0 Å². The highest BCUT2D eigenvalue weighted by Crippen LogP contribution is 2.14. The van der Waals surface area contributed by atoms with E-state index in [-0.39, 0.29) is 18.6 Å². The van der Waals surface area contributed by atoms with E-state index in [2.05, 4.69) is 10.6 Å². The Bertz CT molecular complexity index is 379. The van der Waals surface area contributed by atoms with Gasteiger partial charge in [0.2, 0.25) is 5.91 Å². The number of hydrogen-bond donors (Lipinski definition) is 3. The Labute approximate surface area is 114 Å². The number of rotatable bonds is 8. The van der Waals surface area contributed by atoms with Crippen molar-refractivity contribution in [2.75, 3.05) is 25.5 Å². The average Bonchev–Trinajstić information content (AvgIpc) is 2.44. The maximum absolute atomic E-state index is 11.6. The molecule has 3 N–H and O–H groups in total. The summed E-state index contributed by atoms with van der Waals surface area (Å²) in [5, 5.41) is 15.1. The van der Waals surface area contributed by atoms with Gasteiger partial charge in [-0.2, -0.15) is 0 Å². The predicted molar refractivity (Wildman–Crippen MR) is 75.4 cm³/mol. The molecule has 1 unspecified atom stereocenters. The smallest absolute Gasteiger partial charge is 0.238 e. The first-order valence-electron chi connectivity index (χ1n) is 6.48. The Morgan fingerprint density at radius 3 is 2.63 bits per heavy atom. The van der Waals surface area contributed by atoms with Crippen molar-refractivity contribution in [1.29, 1.82) is 0 Å². The molecule has 1 aromatic carbocycles. The first-order chi connectivity index (χ1) is 9.15. The van der Waals surface area contributed by atoms with E-state index in [1.165, 1.54) is 0 Å². The fraction of sp³-hybridized carbons (Fsp3) is 0.500. The molecule has 0 spiro atoms. The molecule has 106 valence electrons. The standard InChI is InChI=1S/C14H22N2O3/c1-3-12(17)8-9-15-10-14(18)16-11-4-6-13(19-2)7-5-11/h4-7,12,15,17H,3,8-10H2,1-2H3,(H,16,18). The minimum Gasteiger partial charge on any atom is -0.497 e. The van der Waals surface area contributed by atoms with Crippen LogP contribution in [0.4, 0.5) is 5.69 Å². The molecule has 0 aromatic heterocycles. The molecule has 19 heavy (non-hydrogen) atoms. The predicted octanol–water partition coefficient (Wildman–Crippen LogP) is 1.38. The second kappa shape index (κ2) is 8.50. The maximum Gasteiger partial charge on any atom is 0.238 e. The van der Waals surface area contributed by atoms with E-state index in [0.717, 1.165) is 17.9 Å². The fourth-order valence-corrected chi connectivity index (χ4v) is 1.55. The summed E-state index contributed by atoms with van der Waals surface area (Å²) in [6.07, 6.45) is 1.10. The van der Waals surface area contributed by atoms with E-state index < -0.39 is 0 Å². The molecule has 0 aliphatic carbocycles. The molecule has 0 saturated heterocycles. The number of hydrogen-bond acceptors (Lipinski definition) is 4. The van der Waals surface area contributed by atoms with Crippen LogP contribution in [0.25, 0.3) is 0 Å². The normalized spacial score (nSPS) is 11.9. The highest BCUT2D eigenvalue weighted by Gasteiger charge is 2.03. The molecule has 0 aliphatic rings. The Balaban J connectivity index is 2.23. The maximum atomic E-state index is 11.6. The largest absolute Gasteiger partial charge is 0.497 e. The lowest BCUT2D eigenvalue weighted by molar-refractivity contribution is -0.115. The highest BCUT2D eigenvalue weighted by molar-refractivity contribution is 5.92. The minimum atomic E-state index is -0.294. The summed E-state index contributed by atoms with van der Waals surface area (Å²) in [6, 6.07) is 7.16. The van der Waals surface area contributed by atoms with Crippen molar-refractivity contribution >= 4 is 11.6 Å². The lowest BCUT2D eigenvalue weighted by Crippen LogP contribution is -2.30. The lowest BCUT2D eigenvalue weighted by Gasteiger charge is -2.09. The van der Waals surface area contributed by atoms with Gasteiger partial charge < -0.3 is 20.5 Å². The van der Waals surface area contributed by atoms with Gasteiger partial charge in [0.25, 0.3) is 0 Å². The monoisotopic (exact) mass is 266 g/mol. The van der Waals surface area contributed by atoms with Gasteiger partial charge in [0.15, 0.2) is 0 Å². The van der Waals surface area contributed by atoms with Crippen LogP contribution in [0, 0.1) is 0 Å². The lowest BCUT2D eigenvalue weighted by atomic mass is 10.2. The third-order valence-electron chi connectivity index (χ3n) is 2.78. The van der Waals surface area contributed by atoms with Gasteiger partial charge in [-0.1, -0.05) is 6.92 Å². The third kappa shape index (κ3) is 6.22. The van der Waals surface area contributed by atoms with E-state index in [4.69, 9.17) is 4.74 Å². The number of aliphatic hydroxyl groups excluding tert-OH is 1. The van der Waals surface area contributed by atoms with Gasteiger partial charge in [0.1, 0.15) is 5.75 Å². The van der Waals surface area contributed by atoms with Gasteiger partial charge in [-0.25, -0.2) is 0 Å². The number of ether oxygens (including phenoxy) is 1. The number of aliphatic hydroxyl groups is 1. The Kier molecular flexibility index (Phi) is 6.92. The first kappa shape index (κ1) is 15.5. The van der Waals surface area contributed by atoms with Crippen LogP contribution in [0.5, 0.6) is 5.75 Å². The first-order valence-corrected chi connectivity index (χ1v) is 6.48. The van der Waals surface area contributed by atoms with Crippen LogP contribution in [0.3, 0.4) is 0 Å². The topological polar surface area (TPSA) is 70.6 Å². The molecule has 0 saturated carbocycles. The molecule has 0 bridgehead atoms. The summed E-state index contributed by atoms with van der Waals surface area (Å²) in [5.74, 6) is 0.654. The highest BCUT2D eigenvalue weighted by atomic mass is 16.5. The van der Waals surface area contributed by atoms with Crippen molar-refractivity contribution < 1.29 is 14.6 Å². The van der Waals surface area contributed by atoms with Crippen molar-refractivity contribution in [2.45, 2.75) is 25.9 Å². The molecule has 1 aromatic rings. The number of carbonyl (C=O) groups is 1. The molecular formula is C14H22N2O3. The molecule has 0 radical (unpaired) electrons. The summed E-state index contributed by atoms with van der Waals surface area (Å²) in [4.78, 5) is 11.6. The number of methoxy groups -OCH3 is 1. The molecular weight excluding hydrogens is 244 g/mol. The number of anilines is 1. The van der Waals surface area contributed by atoms with Crippen molar-refractivity contribution in [3.63, 3.8) is 0 Å². The Morgan fingerprint density at radius 2 is 2.05 bits per heavy atom. The molecule has 1 atom stereocenters. The zero-order valence-electron chi connectivity index (χ0n) is 11.5. The molecule has 5 nitrogen and oxygen atoms in total. The molecule has 0 fully saturated rings. The summed E-state index contributed by atoms with van der Waals surface area (Å²) in [6.45, 7) is 2.80. The van der Waals surface area contributed by atoms with Gasteiger partial charge in [0, 0.05) is 5.69 Å². The Hall–Kier alpha value is -1.59. The van der Waals surface area contributed by atoms with Gasteiger partial charge in [0.05, 0.1) is 19.8 Å². The van der Waals surface area contributed by atoms with Gasteiger partial charge in [-0.3, -0.25) is 4.79 Å². The molecule has 0 heterocycles. The molecule has 1 rings (SSSR count). The fourth-order valence-electron chi connectivity index (χ4n) is 1.55. The van der Waals surface area contributed by atoms with Crippen LogP contribution in [0.1, 0.15) is 19.8 Å². The molecule has 5 heteroatoms. The number of nitrogens with one attached hydrogen (secondary N) is 2. The van der Waals surface area contributed by atoms with Crippen LogP contribution >= 0.6 is 0 Å². The number of carbonyl (C=O) groups excluding carboxylic acids is 1. The summed E-state index contributed by atoms with van der Waals surface area (Å²) >= 11 is 0. The number of amides is 1. The van der Waals surface area contributed by atoms with Crippen molar-refractivity contribution in [1.82, 2.24) is 5.32 Å². The van der Waals surface area contributed by atoms with E-state index in [0.29, 0.717) is 13.0 Å². The zero-order chi connectivity index (χ0) is 14.1. The second-order valence-electron chi connectivity index (χ2n) is 4.30. The minimum absolute atomic E-state index is 0.101. The van der Waals surface area contributed by atoms with Crippen LogP contribution in [-0.2, 0) is 4.79 Å². The van der Waals surface area contributed by atoms with E-state index in [9.17, 15) is 9.90 Å². The average molecular weight is 266 g/mol. The second-order valence-corrected chi connectivity index (χ2v) is 4.30. The van der Waals surface area contributed by atoms with Crippen LogP contribution in [0.15, 0.2) is 24.3 Å². The van der Waals surface area contributed by atoms with Crippen molar-refractivity contribution in [3.05, 3.63) is 24.3 Å². The van der Waals surface area contributed by atoms with E-state index in [1.807, 2.05) is 6.92 Å². The molecule has 1 amide bonds. The molecule has 0 aliphatic heterocycles. The van der Waals surface area contributed by atoms with Gasteiger partial charge >= 0.3 is 0 Å². The summed E-state index contributed by atoms with van der Waals surface area (Å²) in [5.41, 5.74) is 0.737. The van der Waals surface area contributed by atoms with Gasteiger partial charge in [-0.05, 0) is 43.7 Å². The van der Waals surface area contributed by atoms with Gasteiger partial charge in [-0.15, -0.1) is 0 Å². The van der Waals surface area contributed by atoms with Crippen molar-refractivity contribution in [2.24, 2.45) is 0 Å². The number of benzene rings is 1. The summed E-state index contributed by atoms with van der Waals surface area (Å²) in [7, 11) is 1.60. The van der Waals surface area contributed by atoms with Crippen LogP contribution in [0.2, 0.25) is 0 Å². The Morgan fingerprint density at radius 1 is 1.37 bits per heavy atom.